The summed E-state index contributed by atoms with van der Waals surface area (Å²) >= 11 is 6.04. The molecule has 3 aromatic rings. The molecule has 1 aromatic heterocycles. The van der Waals surface area contributed by atoms with Gasteiger partial charge in [-0.05, 0) is 30.7 Å². The van der Waals surface area contributed by atoms with Gasteiger partial charge in [-0.1, -0.05) is 35.9 Å². The zero-order valence-electron chi connectivity index (χ0n) is 10.8. The third-order valence-corrected chi connectivity index (χ3v) is 3.61. The minimum Gasteiger partial charge on any atom is -0.320 e. The number of amides is 1. The van der Waals surface area contributed by atoms with E-state index in [0.717, 1.165) is 16.5 Å². The van der Waals surface area contributed by atoms with Crippen LogP contribution in [0.2, 0.25) is 5.02 Å². The van der Waals surface area contributed by atoms with Crippen molar-refractivity contribution in [1.29, 1.82) is 0 Å². The molecule has 20 heavy (non-hydrogen) atoms. The number of anilines is 1. The highest BCUT2D eigenvalue weighted by Crippen LogP contribution is 2.24. The molecular formula is C15H12ClN3O. The highest BCUT2D eigenvalue weighted by Gasteiger charge is 2.15. The molecule has 100 valence electrons. The molecule has 0 saturated heterocycles. The van der Waals surface area contributed by atoms with E-state index in [-0.39, 0.29) is 5.91 Å². The maximum absolute atomic E-state index is 12.3. The second-order valence-electron chi connectivity index (χ2n) is 4.48. The standard InChI is InChI=1S/C15H12ClN3O/c1-9-11(16)6-4-8-12(9)17-15(20)14-10-5-2-3-7-13(10)18-19-14/h2-8H,1H3,(H,17,20)(H,18,19). The average molecular weight is 286 g/mol. The molecule has 3 rings (SSSR count). The number of aromatic nitrogens is 2. The highest BCUT2D eigenvalue weighted by atomic mass is 35.5. The second kappa shape index (κ2) is 4.98. The van der Waals surface area contributed by atoms with E-state index in [1.807, 2.05) is 37.3 Å². The number of halogens is 1. The molecule has 0 atom stereocenters. The first-order valence-electron chi connectivity index (χ1n) is 6.16. The highest BCUT2D eigenvalue weighted by molar-refractivity contribution is 6.31. The number of hydrogen-bond donors (Lipinski definition) is 2. The first-order valence-corrected chi connectivity index (χ1v) is 6.54. The van der Waals surface area contributed by atoms with E-state index in [0.29, 0.717) is 16.4 Å². The summed E-state index contributed by atoms with van der Waals surface area (Å²) in [6.07, 6.45) is 0. The van der Waals surface area contributed by atoms with Gasteiger partial charge < -0.3 is 5.32 Å². The Labute approximate surface area is 120 Å². The zero-order chi connectivity index (χ0) is 14.1. The van der Waals surface area contributed by atoms with Gasteiger partial charge in [0.2, 0.25) is 0 Å². The van der Waals surface area contributed by atoms with Crippen LogP contribution in [0.4, 0.5) is 5.69 Å². The molecule has 2 N–H and O–H groups in total. The summed E-state index contributed by atoms with van der Waals surface area (Å²) in [6.45, 7) is 1.86. The SMILES string of the molecule is Cc1c(Cl)cccc1NC(=O)c1n[nH]c2ccccc12. The smallest absolute Gasteiger partial charge is 0.276 e. The van der Waals surface area contributed by atoms with Crippen molar-refractivity contribution in [2.24, 2.45) is 0 Å². The minimum atomic E-state index is -0.257. The summed E-state index contributed by atoms with van der Waals surface area (Å²) in [6, 6.07) is 12.9. The van der Waals surface area contributed by atoms with Crippen LogP contribution < -0.4 is 5.32 Å². The van der Waals surface area contributed by atoms with Crippen LogP contribution in [0.1, 0.15) is 16.1 Å². The van der Waals surface area contributed by atoms with Crippen LogP contribution in [0.5, 0.6) is 0 Å². The van der Waals surface area contributed by atoms with E-state index in [1.54, 1.807) is 12.1 Å². The lowest BCUT2D eigenvalue weighted by atomic mass is 10.1. The van der Waals surface area contributed by atoms with Gasteiger partial charge in [-0.2, -0.15) is 5.10 Å². The van der Waals surface area contributed by atoms with E-state index in [1.165, 1.54) is 0 Å². The number of nitrogens with one attached hydrogen (secondary N) is 2. The molecule has 0 aliphatic carbocycles. The van der Waals surface area contributed by atoms with Crippen LogP contribution >= 0.6 is 11.6 Å². The van der Waals surface area contributed by atoms with Crippen LogP contribution in [0.3, 0.4) is 0 Å². The predicted octanol–water partition coefficient (Wildman–Crippen LogP) is 3.78. The molecule has 1 amide bonds. The third-order valence-electron chi connectivity index (χ3n) is 3.20. The Balaban J connectivity index is 1.95. The molecule has 0 radical (unpaired) electrons. The molecule has 0 aliphatic heterocycles. The number of carbonyl (C=O) groups is 1. The van der Waals surface area contributed by atoms with Crippen molar-refractivity contribution in [3.63, 3.8) is 0 Å². The van der Waals surface area contributed by atoms with Gasteiger partial charge in [0.15, 0.2) is 5.69 Å². The van der Waals surface area contributed by atoms with E-state index < -0.39 is 0 Å². The molecule has 0 aliphatic rings. The number of benzene rings is 2. The van der Waals surface area contributed by atoms with E-state index >= 15 is 0 Å². The van der Waals surface area contributed by atoms with Gasteiger partial charge >= 0.3 is 0 Å². The van der Waals surface area contributed by atoms with Crippen LogP contribution in [0.25, 0.3) is 10.9 Å². The second-order valence-corrected chi connectivity index (χ2v) is 4.89. The van der Waals surface area contributed by atoms with Gasteiger partial charge in [0.05, 0.1) is 5.52 Å². The first kappa shape index (κ1) is 12.7. The normalized spacial score (nSPS) is 10.7. The largest absolute Gasteiger partial charge is 0.320 e. The van der Waals surface area contributed by atoms with Crippen molar-refractivity contribution in [2.75, 3.05) is 5.32 Å². The fourth-order valence-corrected chi connectivity index (χ4v) is 2.24. The van der Waals surface area contributed by atoms with Crippen molar-refractivity contribution in [3.05, 3.63) is 58.7 Å². The molecule has 0 fully saturated rings. The van der Waals surface area contributed by atoms with Gasteiger partial charge in [-0.25, -0.2) is 0 Å². The summed E-state index contributed by atoms with van der Waals surface area (Å²) in [7, 11) is 0. The first-order chi connectivity index (χ1) is 9.66. The molecule has 1 heterocycles. The van der Waals surface area contributed by atoms with Gasteiger partial charge in [0, 0.05) is 16.1 Å². The van der Waals surface area contributed by atoms with E-state index in [9.17, 15) is 4.79 Å². The summed E-state index contributed by atoms with van der Waals surface area (Å²) in [5.41, 5.74) is 2.73. The van der Waals surface area contributed by atoms with Crippen molar-refractivity contribution >= 4 is 34.1 Å². The number of nitrogens with zero attached hydrogens (tertiary/aromatic N) is 1. The molecule has 4 nitrogen and oxygen atoms in total. The average Bonchev–Trinajstić information content (AvgIpc) is 2.88. The van der Waals surface area contributed by atoms with Crippen molar-refractivity contribution < 1.29 is 4.79 Å². The maximum Gasteiger partial charge on any atom is 0.276 e. The maximum atomic E-state index is 12.3. The third kappa shape index (κ3) is 2.14. The number of H-pyrrole nitrogens is 1. The molecule has 2 aromatic carbocycles. The number of para-hydroxylation sites is 1. The van der Waals surface area contributed by atoms with E-state index in [2.05, 4.69) is 15.5 Å². The van der Waals surface area contributed by atoms with Gasteiger partial charge in [-0.3, -0.25) is 9.89 Å². The van der Waals surface area contributed by atoms with Gasteiger partial charge in [-0.15, -0.1) is 0 Å². The van der Waals surface area contributed by atoms with Crippen molar-refractivity contribution in [3.8, 4) is 0 Å². The summed E-state index contributed by atoms with van der Waals surface area (Å²) in [5, 5.41) is 11.2. The Hall–Kier alpha value is -2.33. The Kier molecular flexibility index (Phi) is 3.16. The fraction of sp³-hybridized carbons (Fsp3) is 0.0667. The van der Waals surface area contributed by atoms with Crippen molar-refractivity contribution in [2.45, 2.75) is 6.92 Å². The van der Waals surface area contributed by atoms with Crippen LogP contribution in [-0.4, -0.2) is 16.1 Å². The summed E-state index contributed by atoms with van der Waals surface area (Å²) in [5.74, 6) is -0.257. The monoisotopic (exact) mass is 285 g/mol. The topological polar surface area (TPSA) is 57.8 Å². The zero-order valence-corrected chi connectivity index (χ0v) is 11.5. The van der Waals surface area contributed by atoms with Crippen LogP contribution in [0, 0.1) is 6.92 Å². The molecule has 5 heteroatoms. The Morgan fingerprint density at radius 1 is 1.20 bits per heavy atom. The van der Waals surface area contributed by atoms with Gasteiger partial charge in [0.1, 0.15) is 0 Å². The fourth-order valence-electron chi connectivity index (χ4n) is 2.06. The number of aromatic amines is 1. The lowest BCUT2D eigenvalue weighted by Crippen LogP contribution is -2.13. The number of fused-ring (bicyclic) bond motifs is 1. The number of rotatable bonds is 2. The Bertz CT molecular complexity index is 795. The number of hydrogen-bond acceptors (Lipinski definition) is 2. The summed E-state index contributed by atoms with van der Waals surface area (Å²) < 4.78 is 0. The molecule has 0 spiro atoms. The Morgan fingerprint density at radius 3 is 2.85 bits per heavy atom. The minimum absolute atomic E-state index is 0.257. The predicted molar refractivity (Wildman–Crippen MR) is 80.2 cm³/mol. The van der Waals surface area contributed by atoms with Crippen molar-refractivity contribution in [1.82, 2.24) is 10.2 Å². The Morgan fingerprint density at radius 2 is 2.00 bits per heavy atom. The summed E-state index contributed by atoms with van der Waals surface area (Å²) in [4.78, 5) is 12.3. The lowest BCUT2D eigenvalue weighted by Gasteiger charge is -2.08. The van der Waals surface area contributed by atoms with Gasteiger partial charge in [0.25, 0.3) is 5.91 Å². The number of carbonyl (C=O) groups excluding carboxylic acids is 1. The quantitative estimate of drug-likeness (QED) is 0.753. The van der Waals surface area contributed by atoms with Crippen LogP contribution in [-0.2, 0) is 0 Å². The molecular weight excluding hydrogens is 274 g/mol. The molecule has 0 bridgehead atoms. The molecule has 0 unspecified atom stereocenters. The van der Waals surface area contributed by atoms with Crippen LogP contribution in [0.15, 0.2) is 42.5 Å². The van der Waals surface area contributed by atoms with E-state index in [4.69, 9.17) is 11.6 Å². The lowest BCUT2D eigenvalue weighted by molar-refractivity contribution is 0.102. The molecule has 0 saturated carbocycles.